The minimum absolute atomic E-state index is 0.138. The fraction of sp³-hybridized carbons (Fsp3) is 0.310. The van der Waals surface area contributed by atoms with Crippen molar-refractivity contribution in [1.29, 1.82) is 5.26 Å². The number of hydrogen-bond acceptors (Lipinski definition) is 8. The molecule has 0 saturated carbocycles. The summed E-state index contributed by atoms with van der Waals surface area (Å²) < 4.78 is 88.1. The van der Waals surface area contributed by atoms with E-state index in [1.807, 2.05) is 6.07 Å². The number of alkyl halides is 1. The van der Waals surface area contributed by atoms with Crippen LogP contribution < -0.4 is 20.9 Å². The van der Waals surface area contributed by atoms with Crippen LogP contribution in [0.1, 0.15) is 37.4 Å². The molecule has 5 rings (SSSR count). The fourth-order valence-electron chi connectivity index (χ4n) is 5.07. The summed E-state index contributed by atoms with van der Waals surface area (Å²) in [6.07, 6.45) is 0.544. The van der Waals surface area contributed by atoms with Crippen LogP contribution in [0, 0.1) is 28.8 Å². The maximum atomic E-state index is 15.5. The summed E-state index contributed by atoms with van der Waals surface area (Å²) in [6, 6.07) is 8.38. The number of nitrogens with zero attached hydrogens (tertiary/aromatic N) is 4. The molecule has 230 valence electrons. The lowest BCUT2D eigenvalue weighted by atomic mass is 10.0. The predicted molar refractivity (Wildman–Crippen MR) is 157 cm³/mol. The molecule has 0 amide bonds. The van der Waals surface area contributed by atoms with Gasteiger partial charge < -0.3 is 10.6 Å². The van der Waals surface area contributed by atoms with Crippen molar-refractivity contribution in [3.05, 3.63) is 81.5 Å². The molecule has 1 saturated heterocycles. The first-order valence-corrected chi connectivity index (χ1v) is 15.2. The lowest BCUT2D eigenvalue weighted by molar-refractivity contribution is 0.254. The summed E-state index contributed by atoms with van der Waals surface area (Å²) in [5.74, 6) is -5.54. The maximum Gasteiger partial charge on any atom is 0.260 e. The molecule has 44 heavy (non-hydrogen) atoms. The predicted octanol–water partition coefficient (Wildman–Crippen LogP) is 4.38. The zero-order valence-electron chi connectivity index (χ0n) is 23.5. The zero-order valence-corrected chi connectivity index (χ0v) is 24.4. The number of aromatic nitrogens is 3. The molecule has 0 spiro atoms. The van der Waals surface area contributed by atoms with Gasteiger partial charge in [0.25, 0.3) is 5.56 Å². The Morgan fingerprint density at radius 1 is 1.14 bits per heavy atom. The normalized spacial score (nSPS) is 17.0. The highest BCUT2D eigenvalue weighted by Gasteiger charge is 2.27. The average Bonchev–Trinajstić information content (AvgIpc) is 2.96. The standard InChI is InChI=1S/C29H27F4N7O3S/c1-15(2)40-27-18(11-36-29(38-27)37-20-8-19(30)12-35-13-20)7-22(28(40)41)21-9-23(31)26(25(33)24(21)32)39-44(42,43)14-17-5-3-4-16(6-17)10-34/h3-7,9,11,15,19-20,35,39H,8,12-14H2,1-2H3,(H,36,37,38)/t19-,20-/m0/s1. The van der Waals surface area contributed by atoms with E-state index in [4.69, 9.17) is 5.26 Å². The smallest absolute Gasteiger partial charge is 0.260 e. The number of halogens is 4. The second-order valence-corrected chi connectivity index (χ2v) is 12.4. The van der Waals surface area contributed by atoms with Crippen LogP contribution in [0.3, 0.4) is 0 Å². The Bertz CT molecular complexity index is 1960. The van der Waals surface area contributed by atoms with Crippen LogP contribution in [0.15, 0.2) is 47.4 Å². The molecule has 3 N–H and O–H groups in total. The van der Waals surface area contributed by atoms with Crippen LogP contribution in [0.4, 0.5) is 29.2 Å². The van der Waals surface area contributed by atoms with E-state index in [2.05, 4.69) is 20.6 Å². The van der Waals surface area contributed by atoms with E-state index in [0.29, 0.717) is 12.6 Å². The first-order chi connectivity index (χ1) is 20.9. The van der Waals surface area contributed by atoms with Crippen molar-refractivity contribution in [1.82, 2.24) is 19.9 Å². The number of nitriles is 1. The molecule has 0 radical (unpaired) electrons. The van der Waals surface area contributed by atoms with Gasteiger partial charge in [-0.25, -0.2) is 31.0 Å². The summed E-state index contributed by atoms with van der Waals surface area (Å²) in [6.45, 7) is 4.06. The van der Waals surface area contributed by atoms with Crippen molar-refractivity contribution in [2.45, 2.75) is 44.3 Å². The van der Waals surface area contributed by atoms with Crippen molar-refractivity contribution in [3.8, 4) is 17.2 Å². The van der Waals surface area contributed by atoms with Crippen LogP contribution in [0.5, 0.6) is 0 Å². The average molecular weight is 630 g/mol. The van der Waals surface area contributed by atoms with Crippen LogP contribution in [0.2, 0.25) is 0 Å². The van der Waals surface area contributed by atoms with E-state index in [1.165, 1.54) is 41.1 Å². The molecule has 2 aromatic heterocycles. The van der Waals surface area contributed by atoms with Crippen LogP contribution in [-0.2, 0) is 15.8 Å². The Hall–Kier alpha value is -4.55. The second-order valence-electron chi connectivity index (χ2n) is 10.7. The van der Waals surface area contributed by atoms with E-state index in [1.54, 1.807) is 18.6 Å². The van der Waals surface area contributed by atoms with E-state index in [-0.39, 0.29) is 47.1 Å². The molecule has 3 heterocycles. The Morgan fingerprint density at radius 3 is 2.61 bits per heavy atom. The molecule has 2 aromatic carbocycles. The Morgan fingerprint density at radius 2 is 1.91 bits per heavy atom. The van der Waals surface area contributed by atoms with Crippen molar-refractivity contribution in [2.24, 2.45) is 0 Å². The second kappa shape index (κ2) is 12.2. The van der Waals surface area contributed by atoms with Gasteiger partial charge >= 0.3 is 0 Å². The van der Waals surface area contributed by atoms with Gasteiger partial charge in [0.05, 0.1) is 22.9 Å². The van der Waals surface area contributed by atoms with Gasteiger partial charge in [0, 0.05) is 48.7 Å². The number of rotatable bonds is 8. The van der Waals surface area contributed by atoms with Gasteiger partial charge in [-0.05, 0) is 43.7 Å². The number of nitrogens with one attached hydrogen (secondary N) is 3. The molecule has 1 aliphatic rings. The molecule has 4 aromatic rings. The lowest BCUT2D eigenvalue weighted by Crippen LogP contribution is -2.44. The van der Waals surface area contributed by atoms with Gasteiger partial charge in [-0.3, -0.25) is 14.1 Å². The molecule has 1 fully saturated rings. The molecule has 0 unspecified atom stereocenters. The molecule has 0 bridgehead atoms. The van der Waals surface area contributed by atoms with E-state index in [9.17, 15) is 17.6 Å². The number of piperidine rings is 1. The Labute approximate surface area is 249 Å². The number of benzene rings is 2. The number of anilines is 2. The summed E-state index contributed by atoms with van der Waals surface area (Å²) in [5, 5.41) is 15.3. The van der Waals surface area contributed by atoms with Crippen molar-refractivity contribution in [2.75, 3.05) is 23.1 Å². The number of pyridine rings is 1. The maximum absolute atomic E-state index is 15.5. The summed E-state index contributed by atoms with van der Waals surface area (Å²) in [4.78, 5) is 22.2. The topological polar surface area (TPSA) is 142 Å². The number of hydrogen-bond donors (Lipinski definition) is 3. The summed E-state index contributed by atoms with van der Waals surface area (Å²) >= 11 is 0. The highest BCUT2D eigenvalue weighted by atomic mass is 32.2. The monoisotopic (exact) mass is 629 g/mol. The zero-order chi connectivity index (χ0) is 31.8. The summed E-state index contributed by atoms with van der Waals surface area (Å²) in [7, 11) is -4.44. The minimum atomic E-state index is -4.44. The molecular weight excluding hydrogens is 602 g/mol. The van der Waals surface area contributed by atoms with Crippen molar-refractivity contribution < 1.29 is 26.0 Å². The summed E-state index contributed by atoms with van der Waals surface area (Å²) in [5.41, 5.74) is -2.66. The highest BCUT2D eigenvalue weighted by molar-refractivity contribution is 7.91. The first-order valence-electron chi connectivity index (χ1n) is 13.6. The Balaban J connectivity index is 1.51. The van der Waals surface area contributed by atoms with Gasteiger partial charge in [-0.15, -0.1) is 0 Å². The van der Waals surface area contributed by atoms with Crippen molar-refractivity contribution >= 4 is 32.7 Å². The quantitative estimate of drug-likeness (QED) is 0.193. The highest BCUT2D eigenvalue weighted by Crippen LogP contribution is 2.32. The lowest BCUT2D eigenvalue weighted by Gasteiger charge is -2.26. The van der Waals surface area contributed by atoms with Gasteiger partial charge in [0.15, 0.2) is 17.5 Å². The van der Waals surface area contributed by atoms with Crippen LogP contribution in [0.25, 0.3) is 22.2 Å². The number of sulfonamides is 1. The Kier molecular flexibility index (Phi) is 8.57. The van der Waals surface area contributed by atoms with Gasteiger partial charge in [-0.2, -0.15) is 10.2 Å². The largest absolute Gasteiger partial charge is 0.350 e. The van der Waals surface area contributed by atoms with Crippen LogP contribution in [-0.4, -0.2) is 48.3 Å². The molecule has 2 atom stereocenters. The van der Waals surface area contributed by atoms with E-state index >= 15 is 13.2 Å². The third kappa shape index (κ3) is 6.36. The van der Waals surface area contributed by atoms with Gasteiger partial charge in [0.1, 0.15) is 17.5 Å². The molecule has 1 aliphatic heterocycles. The van der Waals surface area contributed by atoms with Crippen molar-refractivity contribution in [3.63, 3.8) is 0 Å². The van der Waals surface area contributed by atoms with E-state index < -0.39 is 67.8 Å². The van der Waals surface area contributed by atoms with Crippen LogP contribution >= 0.6 is 0 Å². The third-order valence-electron chi connectivity index (χ3n) is 7.04. The van der Waals surface area contributed by atoms with E-state index in [0.717, 1.165) is 0 Å². The SMILES string of the molecule is CC(C)n1c(=O)c(-c2cc(F)c(NS(=O)(=O)Cc3cccc(C#N)c3)c(F)c2F)cc2cnc(N[C@@H]3CNC[C@@H](F)C3)nc21. The van der Waals surface area contributed by atoms with Gasteiger partial charge in [0.2, 0.25) is 16.0 Å². The molecule has 10 nitrogen and oxygen atoms in total. The number of fused-ring (bicyclic) bond motifs is 1. The van der Waals surface area contributed by atoms with Gasteiger partial charge in [-0.1, -0.05) is 12.1 Å². The fourth-order valence-corrected chi connectivity index (χ4v) is 6.26. The first kappa shape index (κ1) is 30.9. The molecular formula is C29H27F4N7O3S. The minimum Gasteiger partial charge on any atom is -0.350 e. The molecule has 0 aliphatic carbocycles. The molecule has 15 heteroatoms. The third-order valence-corrected chi connectivity index (χ3v) is 8.27.